The highest BCUT2D eigenvalue weighted by atomic mass is 16.2. The summed E-state index contributed by atoms with van der Waals surface area (Å²) in [4.78, 5) is 175. The molecule has 0 aromatic heterocycles. The monoisotopic (exact) mass is 1430 g/mol. The molecule has 0 heterocycles. The number of carbonyl (C=O) groups excluding carboxylic acids is 11. The summed E-state index contributed by atoms with van der Waals surface area (Å²) in [5.74, 6) is -11.5. The van der Waals surface area contributed by atoms with Crippen LogP contribution >= 0.6 is 0 Å². The molecule has 0 saturated heterocycles. The number of carbonyl (C=O) groups is 11. The average Bonchev–Trinajstić information content (AvgIpc) is 0.852. The van der Waals surface area contributed by atoms with E-state index < -0.39 is 143 Å². The van der Waals surface area contributed by atoms with E-state index >= 15 is 0 Å². The smallest absolute Gasteiger partial charge is 0.243 e. The maximum Gasteiger partial charge on any atom is 0.243 e. The molecule has 0 aliphatic rings. The standard InChI is InChI=1S/C63H115N27O11/c1-9-34(5)46(90-58(101)47(35(6)10-2)89-54(97)43(25-18-30-80-63(74)75)83-50(93)37(8)81-49(92)36(7)64)57(100)88-44(31-33(3)4)55(98)86-41(23-16-28-78-61(70)71)52(95)84-40(22-15-27-77-60(68)69)51(94)85-42(24-17-29-79-62(72)73)53(96)87-45(32-38-19-12-11-13-20-38)56(99)82-39(48(65)91)21-14-26-76-59(66)67/h11-13,19-20,33-37,39-47H,9-10,14-18,21-32,64H2,1-8H3,(H2,65,91)(H,81,92)(H,82,99)(H,83,93)(H,84,95)(H,85,94)(H,86,98)(H,87,96)(H,88,100)(H,89,97)(H,90,101)(H4,66,67,76)(H4,68,69,77)(H4,70,71,78)(H4,72,73,79)(H4,74,75,80)/t34-,35-,36-,37-,39-,40-,41-,42-,43-,44-,45-,46-,47-/m0/s1. The summed E-state index contributed by atoms with van der Waals surface area (Å²) in [5.41, 5.74) is 67.6. The van der Waals surface area contributed by atoms with Crippen molar-refractivity contribution in [3.8, 4) is 0 Å². The molecule has 38 heteroatoms. The molecule has 0 aliphatic carbocycles. The molecule has 38 nitrogen and oxygen atoms in total. The number of nitrogens with zero attached hydrogens (tertiary/aromatic N) is 5. The Morgan fingerprint density at radius 1 is 0.347 bits per heavy atom. The maximum atomic E-state index is 14.8. The number of benzene rings is 1. The van der Waals surface area contributed by atoms with Crippen molar-refractivity contribution in [2.75, 3.05) is 32.7 Å². The minimum atomic E-state index is -1.49. The van der Waals surface area contributed by atoms with Crippen LogP contribution in [-0.4, -0.2) is 194 Å². The molecule has 11 amide bonds. The molecule has 568 valence electrons. The first-order valence-corrected chi connectivity index (χ1v) is 33.9. The molecule has 0 radical (unpaired) electrons. The Bertz CT molecular complexity index is 2980. The van der Waals surface area contributed by atoms with Gasteiger partial charge in [0.05, 0.1) is 6.04 Å². The van der Waals surface area contributed by atoms with Gasteiger partial charge in [0.2, 0.25) is 65.0 Å². The van der Waals surface area contributed by atoms with E-state index in [9.17, 15) is 52.7 Å². The van der Waals surface area contributed by atoms with Crippen LogP contribution in [0.25, 0.3) is 0 Å². The summed E-state index contributed by atoms with van der Waals surface area (Å²) in [6.07, 6.45) is 0.864. The van der Waals surface area contributed by atoms with Crippen molar-refractivity contribution in [2.45, 2.75) is 212 Å². The van der Waals surface area contributed by atoms with Crippen LogP contribution in [0.1, 0.15) is 144 Å². The van der Waals surface area contributed by atoms with Gasteiger partial charge in [-0.25, -0.2) is 0 Å². The summed E-state index contributed by atoms with van der Waals surface area (Å²) in [6, 6.07) is -5.69. The Morgan fingerprint density at radius 2 is 0.634 bits per heavy atom. The molecule has 1 aromatic rings. The quantitative estimate of drug-likeness (QED) is 0.0164. The van der Waals surface area contributed by atoms with Gasteiger partial charge < -0.3 is 122 Å². The predicted molar refractivity (Wildman–Crippen MR) is 386 cm³/mol. The van der Waals surface area contributed by atoms with Crippen molar-refractivity contribution in [3.05, 3.63) is 35.9 Å². The Labute approximate surface area is 590 Å². The van der Waals surface area contributed by atoms with Crippen LogP contribution in [0.15, 0.2) is 55.3 Å². The lowest BCUT2D eigenvalue weighted by Crippen LogP contribution is -2.62. The van der Waals surface area contributed by atoms with E-state index in [1.165, 1.54) is 13.8 Å². The zero-order chi connectivity index (χ0) is 76.5. The molecule has 34 N–H and O–H groups in total. The molecule has 1 aromatic carbocycles. The number of hydrogen-bond donors (Lipinski definition) is 22. The highest BCUT2D eigenvalue weighted by Crippen LogP contribution is 2.17. The molecule has 0 saturated carbocycles. The summed E-state index contributed by atoms with van der Waals surface area (Å²) in [7, 11) is 0. The molecule has 0 unspecified atom stereocenters. The Hall–Kier alpha value is -10.3. The van der Waals surface area contributed by atoms with Crippen molar-refractivity contribution in [3.63, 3.8) is 0 Å². The first kappa shape index (κ1) is 88.7. The zero-order valence-corrected chi connectivity index (χ0v) is 59.6. The van der Waals surface area contributed by atoms with Crippen LogP contribution in [0, 0.1) is 17.8 Å². The Morgan fingerprint density at radius 3 is 0.970 bits per heavy atom. The third kappa shape index (κ3) is 36.9. The molecule has 0 fully saturated rings. The zero-order valence-electron chi connectivity index (χ0n) is 59.6. The second-order valence-corrected chi connectivity index (χ2v) is 25.2. The van der Waals surface area contributed by atoms with Gasteiger partial charge in [0.1, 0.15) is 60.4 Å². The largest absolute Gasteiger partial charge is 0.370 e. The third-order valence-corrected chi connectivity index (χ3v) is 15.9. The lowest BCUT2D eigenvalue weighted by molar-refractivity contribution is -0.137. The van der Waals surface area contributed by atoms with E-state index in [1.807, 2.05) is 0 Å². The number of primary amides is 1. The van der Waals surface area contributed by atoms with E-state index in [1.54, 1.807) is 71.9 Å². The van der Waals surface area contributed by atoms with Gasteiger partial charge in [-0.1, -0.05) is 84.7 Å². The van der Waals surface area contributed by atoms with E-state index in [2.05, 4.69) is 78.1 Å². The molecule has 13 atom stereocenters. The normalized spacial score (nSPS) is 14.8. The maximum absolute atomic E-state index is 14.8. The van der Waals surface area contributed by atoms with Crippen molar-refractivity contribution in [1.29, 1.82) is 0 Å². The van der Waals surface area contributed by atoms with Gasteiger partial charge in [0.25, 0.3) is 0 Å². The molecular weight excluding hydrogens is 1310 g/mol. The Balaban J connectivity index is 3.87. The number of nitrogens with two attached hydrogens (primary N) is 12. The number of nitrogens with one attached hydrogen (secondary N) is 10. The van der Waals surface area contributed by atoms with E-state index in [-0.39, 0.29) is 145 Å². The second kappa shape index (κ2) is 47.6. The topological polar surface area (TPSA) is 682 Å². The minimum Gasteiger partial charge on any atom is -0.370 e. The van der Waals surface area contributed by atoms with Crippen LogP contribution in [0.5, 0.6) is 0 Å². The van der Waals surface area contributed by atoms with Gasteiger partial charge >= 0.3 is 0 Å². The minimum absolute atomic E-state index is 0.000773. The lowest BCUT2D eigenvalue weighted by Gasteiger charge is -2.31. The summed E-state index contributed by atoms with van der Waals surface area (Å²) in [6.45, 7) is 13.5. The summed E-state index contributed by atoms with van der Waals surface area (Å²) < 4.78 is 0. The third-order valence-electron chi connectivity index (χ3n) is 15.9. The fraction of sp³-hybridized carbons (Fsp3) is 0.651. The van der Waals surface area contributed by atoms with Crippen molar-refractivity contribution in [1.82, 2.24) is 53.2 Å². The summed E-state index contributed by atoms with van der Waals surface area (Å²) >= 11 is 0. The Kier molecular flexibility index (Phi) is 41.9. The van der Waals surface area contributed by atoms with Crippen LogP contribution in [0.2, 0.25) is 0 Å². The fourth-order valence-electron chi connectivity index (χ4n) is 9.87. The van der Waals surface area contributed by atoms with Crippen LogP contribution in [0.3, 0.4) is 0 Å². The number of rotatable bonds is 49. The molecule has 101 heavy (non-hydrogen) atoms. The van der Waals surface area contributed by atoms with Crippen molar-refractivity contribution in [2.24, 2.45) is 112 Å². The molecule has 1 rings (SSSR count). The lowest BCUT2D eigenvalue weighted by atomic mass is 9.94. The number of hydrogen-bond acceptors (Lipinski definition) is 17. The fourth-order valence-corrected chi connectivity index (χ4v) is 9.87. The van der Waals surface area contributed by atoms with Gasteiger partial charge in [0, 0.05) is 39.1 Å². The number of aliphatic imine (C=N–C) groups is 5. The summed E-state index contributed by atoms with van der Waals surface area (Å²) in [5, 5.41) is 26.9. The van der Waals surface area contributed by atoms with Crippen LogP contribution in [-0.2, 0) is 59.2 Å². The van der Waals surface area contributed by atoms with Crippen LogP contribution < -0.4 is 122 Å². The van der Waals surface area contributed by atoms with E-state index in [4.69, 9.17) is 68.8 Å². The molecule has 0 bridgehead atoms. The first-order valence-electron chi connectivity index (χ1n) is 33.9. The van der Waals surface area contributed by atoms with Gasteiger partial charge in [-0.3, -0.25) is 77.7 Å². The predicted octanol–water partition coefficient (Wildman–Crippen LogP) is -6.66. The molecule has 0 spiro atoms. The van der Waals surface area contributed by atoms with Crippen molar-refractivity contribution < 1.29 is 52.7 Å². The number of amides is 11. The average molecular weight is 1430 g/mol. The molecular formula is C63H115N27O11. The van der Waals surface area contributed by atoms with Gasteiger partial charge in [-0.2, -0.15) is 0 Å². The van der Waals surface area contributed by atoms with Crippen LogP contribution in [0.4, 0.5) is 0 Å². The SMILES string of the molecule is CC[C@H](C)[C@H](NC(=O)[C@H](CCCN=C(N)N)NC(=O)[C@H](C)NC(=O)[C@H](C)N)C(=O)N[C@H](C(=O)N[C@@H](CC(C)C)C(=O)N[C@@H](CCCN=C(N)N)C(=O)N[C@@H](CCCN=C(N)N)C(=O)N[C@@H](CCCN=C(N)N)C(=O)N[C@@H](Cc1ccccc1)C(=O)N[C@@H](CCCN=C(N)N)C(N)=O)[C@@H](C)CC. The van der Waals surface area contributed by atoms with Gasteiger partial charge in [-0.15, -0.1) is 0 Å². The first-order chi connectivity index (χ1) is 47.5. The highest BCUT2D eigenvalue weighted by Gasteiger charge is 2.38. The van der Waals surface area contributed by atoms with E-state index in [0.29, 0.717) is 18.4 Å². The highest BCUT2D eigenvalue weighted by molar-refractivity contribution is 5.99. The van der Waals surface area contributed by atoms with Gasteiger partial charge in [-0.05, 0) is 108 Å². The number of guanidine groups is 5. The van der Waals surface area contributed by atoms with E-state index in [0.717, 1.165) is 0 Å². The molecule has 0 aliphatic heterocycles. The second-order valence-electron chi connectivity index (χ2n) is 25.2. The van der Waals surface area contributed by atoms with Gasteiger partial charge in [0.15, 0.2) is 29.8 Å². The van der Waals surface area contributed by atoms with Crippen molar-refractivity contribution >= 4 is 94.8 Å².